The van der Waals surface area contributed by atoms with Gasteiger partial charge in [-0.1, -0.05) is 23.7 Å². The minimum Gasteiger partial charge on any atom is -0.396 e. The molecule has 0 aliphatic heterocycles. The van der Waals surface area contributed by atoms with Crippen LogP contribution in [-0.4, -0.2) is 5.91 Å². The zero-order chi connectivity index (χ0) is 14.0. The number of hydrogen-bond donors (Lipinski definition) is 2. The molecule has 3 N–H and O–H groups in total. The summed E-state index contributed by atoms with van der Waals surface area (Å²) < 4.78 is 13.9. The number of anilines is 2. The van der Waals surface area contributed by atoms with E-state index in [0.717, 1.165) is 0 Å². The number of carbonyl (C=O) groups is 1. The van der Waals surface area contributed by atoms with Crippen LogP contribution >= 0.6 is 27.5 Å². The fourth-order valence-corrected chi connectivity index (χ4v) is 2.06. The van der Waals surface area contributed by atoms with Crippen molar-refractivity contribution in [3.8, 4) is 0 Å². The SMILES string of the molecule is Nc1c(F)cccc1C(=O)Nc1cccc(Br)c1Cl. The summed E-state index contributed by atoms with van der Waals surface area (Å²) in [6.45, 7) is 0. The summed E-state index contributed by atoms with van der Waals surface area (Å²) in [7, 11) is 0. The third-order valence-electron chi connectivity index (χ3n) is 2.50. The van der Waals surface area contributed by atoms with E-state index < -0.39 is 11.7 Å². The van der Waals surface area contributed by atoms with Crippen molar-refractivity contribution >= 4 is 44.8 Å². The summed E-state index contributed by atoms with van der Waals surface area (Å²) in [6.07, 6.45) is 0. The molecule has 0 aliphatic rings. The molecule has 0 atom stereocenters. The van der Waals surface area contributed by atoms with E-state index in [0.29, 0.717) is 15.2 Å². The van der Waals surface area contributed by atoms with E-state index in [-0.39, 0.29) is 11.3 Å². The third kappa shape index (κ3) is 2.88. The topological polar surface area (TPSA) is 55.1 Å². The van der Waals surface area contributed by atoms with Gasteiger partial charge in [0.2, 0.25) is 0 Å². The van der Waals surface area contributed by atoms with Crippen LogP contribution in [0.3, 0.4) is 0 Å². The highest BCUT2D eigenvalue weighted by Crippen LogP contribution is 2.30. The van der Waals surface area contributed by atoms with Crippen LogP contribution in [0.25, 0.3) is 0 Å². The lowest BCUT2D eigenvalue weighted by Gasteiger charge is -2.10. The zero-order valence-corrected chi connectivity index (χ0v) is 11.9. The molecule has 0 bridgehead atoms. The molecule has 0 radical (unpaired) electrons. The second-order valence-electron chi connectivity index (χ2n) is 3.76. The number of nitrogens with one attached hydrogen (secondary N) is 1. The normalized spacial score (nSPS) is 10.3. The number of para-hydroxylation sites is 1. The summed E-state index contributed by atoms with van der Waals surface area (Å²) >= 11 is 9.28. The van der Waals surface area contributed by atoms with Gasteiger partial charge in [-0.25, -0.2) is 4.39 Å². The predicted octanol–water partition coefficient (Wildman–Crippen LogP) is 4.08. The molecule has 0 aromatic heterocycles. The maximum absolute atomic E-state index is 13.3. The summed E-state index contributed by atoms with van der Waals surface area (Å²) in [5.41, 5.74) is 5.83. The maximum atomic E-state index is 13.3. The van der Waals surface area contributed by atoms with Crippen LogP contribution < -0.4 is 11.1 Å². The van der Waals surface area contributed by atoms with Gasteiger partial charge in [0.05, 0.1) is 22.0 Å². The van der Waals surface area contributed by atoms with Gasteiger partial charge in [0, 0.05) is 4.47 Å². The van der Waals surface area contributed by atoms with Gasteiger partial charge in [-0.3, -0.25) is 4.79 Å². The fraction of sp³-hybridized carbons (Fsp3) is 0. The van der Waals surface area contributed by atoms with Crippen LogP contribution in [0.5, 0.6) is 0 Å². The second kappa shape index (κ2) is 5.59. The smallest absolute Gasteiger partial charge is 0.257 e. The van der Waals surface area contributed by atoms with Crippen LogP contribution in [0, 0.1) is 5.82 Å². The van der Waals surface area contributed by atoms with Crippen LogP contribution in [-0.2, 0) is 0 Å². The summed E-state index contributed by atoms with van der Waals surface area (Å²) in [5.74, 6) is -1.15. The monoisotopic (exact) mass is 342 g/mol. The van der Waals surface area contributed by atoms with E-state index in [9.17, 15) is 9.18 Å². The summed E-state index contributed by atoms with van der Waals surface area (Å²) in [4.78, 5) is 12.0. The second-order valence-corrected chi connectivity index (χ2v) is 4.99. The minimum atomic E-state index is -0.631. The van der Waals surface area contributed by atoms with Crippen molar-refractivity contribution in [2.75, 3.05) is 11.1 Å². The lowest BCUT2D eigenvalue weighted by Crippen LogP contribution is -2.15. The Morgan fingerprint density at radius 3 is 2.68 bits per heavy atom. The van der Waals surface area contributed by atoms with Gasteiger partial charge in [-0.15, -0.1) is 0 Å². The predicted molar refractivity (Wildman–Crippen MR) is 77.9 cm³/mol. The molecular weight excluding hydrogens is 335 g/mol. The number of rotatable bonds is 2. The Morgan fingerprint density at radius 1 is 1.26 bits per heavy atom. The van der Waals surface area contributed by atoms with Gasteiger partial charge in [0.25, 0.3) is 5.91 Å². The lowest BCUT2D eigenvalue weighted by molar-refractivity contribution is 0.102. The largest absolute Gasteiger partial charge is 0.396 e. The third-order valence-corrected chi connectivity index (χ3v) is 3.79. The molecule has 19 heavy (non-hydrogen) atoms. The average Bonchev–Trinajstić information content (AvgIpc) is 2.38. The van der Waals surface area contributed by atoms with E-state index >= 15 is 0 Å². The molecule has 0 aliphatic carbocycles. The number of hydrogen-bond acceptors (Lipinski definition) is 2. The molecule has 0 unspecified atom stereocenters. The van der Waals surface area contributed by atoms with Crippen LogP contribution in [0.2, 0.25) is 5.02 Å². The first-order chi connectivity index (χ1) is 9.00. The first-order valence-electron chi connectivity index (χ1n) is 5.30. The zero-order valence-electron chi connectivity index (χ0n) is 9.58. The average molecular weight is 344 g/mol. The number of nitrogen functional groups attached to an aromatic ring is 1. The first kappa shape index (κ1) is 13.8. The quantitative estimate of drug-likeness (QED) is 0.807. The minimum absolute atomic E-state index is 0.0658. The Labute approximate surface area is 122 Å². The van der Waals surface area contributed by atoms with Crippen LogP contribution in [0.1, 0.15) is 10.4 Å². The highest BCUT2D eigenvalue weighted by Gasteiger charge is 2.14. The Kier molecular flexibility index (Phi) is 4.07. The highest BCUT2D eigenvalue weighted by molar-refractivity contribution is 9.10. The Morgan fingerprint density at radius 2 is 1.95 bits per heavy atom. The van der Waals surface area contributed by atoms with E-state index in [1.54, 1.807) is 18.2 Å². The molecule has 2 aromatic rings. The molecule has 2 rings (SSSR count). The van der Waals surface area contributed by atoms with Crippen molar-refractivity contribution in [1.29, 1.82) is 0 Å². The molecule has 0 fully saturated rings. The van der Waals surface area contributed by atoms with Gasteiger partial charge >= 0.3 is 0 Å². The summed E-state index contributed by atoms with van der Waals surface area (Å²) in [6, 6.07) is 9.16. The van der Waals surface area contributed by atoms with Gasteiger partial charge in [-0.2, -0.15) is 0 Å². The van der Waals surface area contributed by atoms with Gasteiger partial charge in [0.1, 0.15) is 5.82 Å². The number of halogens is 3. The van der Waals surface area contributed by atoms with E-state index in [1.165, 1.54) is 18.2 Å². The molecule has 3 nitrogen and oxygen atoms in total. The van der Waals surface area contributed by atoms with Crippen molar-refractivity contribution < 1.29 is 9.18 Å². The van der Waals surface area contributed by atoms with Crippen molar-refractivity contribution in [2.24, 2.45) is 0 Å². The molecule has 98 valence electrons. The lowest BCUT2D eigenvalue weighted by atomic mass is 10.1. The van der Waals surface area contributed by atoms with Crippen molar-refractivity contribution in [2.45, 2.75) is 0 Å². The molecule has 2 aromatic carbocycles. The Balaban J connectivity index is 2.31. The fourth-order valence-electron chi connectivity index (χ4n) is 1.53. The molecule has 0 saturated heterocycles. The van der Waals surface area contributed by atoms with E-state index in [2.05, 4.69) is 21.2 Å². The van der Waals surface area contributed by atoms with Crippen LogP contribution in [0.4, 0.5) is 15.8 Å². The van der Waals surface area contributed by atoms with Crippen LogP contribution in [0.15, 0.2) is 40.9 Å². The van der Waals surface area contributed by atoms with Crippen molar-refractivity contribution in [1.82, 2.24) is 0 Å². The molecule has 0 spiro atoms. The summed E-state index contributed by atoms with van der Waals surface area (Å²) in [5, 5.41) is 2.95. The standard InChI is InChI=1S/C13H9BrClFN2O/c14-8-4-2-6-10(11(8)15)18-13(19)7-3-1-5-9(16)12(7)17/h1-6H,17H2,(H,18,19). The Hall–Kier alpha value is -1.59. The number of benzene rings is 2. The molecular formula is C13H9BrClFN2O. The molecule has 0 heterocycles. The van der Waals surface area contributed by atoms with E-state index in [1.807, 2.05) is 0 Å². The van der Waals surface area contributed by atoms with Gasteiger partial charge < -0.3 is 11.1 Å². The van der Waals surface area contributed by atoms with E-state index in [4.69, 9.17) is 17.3 Å². The highest BCUT2D eigenvalue weighted by atomic mass is 79.9. The molecule has 0 saturated carbocycles. The van der Waals surface area contributed by atoms with Crippen molar-refractivity contribution in [3.63, 3.8) is 0 Å². The van der Waals surface area contributed by atoms with Gasteiger partial charge in [0.15, 0.2) is 0 Å². The number of amides is 1. The van der Waals surface area contributed by atoms with Gasteiger partial charge in [-0.05, 0) is 40.2 Å². The maximum Gasteiger partial charge on any atom is 0.257 e. The molecule has 1 amide bonds. The first-order valence-corrected chi connectivity index (χ1v) is 6.47. The Bertz CT molecular complexity index is 649. The number of nitrogens with two attached hydrogens (primary N) is 1. The molecule has 6 heteroatoms. The number of carbonyl (C=O) groups excluding carboxylic acids is 1. The van der Waals surface area contributed by atoms with Crippen molar-refractivity contribution in [3.05, 3.63) is 57.3 Å².